The number of rotatable bonds is 3. The molecule has 26 heavy (non-hydrogen) atoms. The molecule has 0 fully saturated rings. The molecule has 0 aliphatic rings. The van der Waals surface area contributed by atoms with Gasteiger partial charge in [-0.25, -0.2) is 9.97 Å². The Morgan fingerprint density at radius 3 is 2.35 bits per heavy atom. The first-order valence-electron chi connectivity index (χ1n) is 8.44. The minimum Gasteiger partial charge on any atom is -0.497 e. The van der Waals surface area contributed by atoms with Gasteiger partial charge in [0, 0.05) is 16.5 Å². The molecular formula is C20H23N3O2S. The van der Waals surface area contributed by atoms with Crippen molar-refractivity contribution < 1.29 is 9.53 Å². The maximum absolute atomic E-state index is 12.8. The lowest BCUT2D eigenvalue weighted by Crippen LogP contribution is -2.16. The zero-order valence-electron chi connectivity index (χ0n) is 15.9. The van der Waals surface area contributed by atoms with Crippen molar-refractivity contribution in [3.8, 4) is 5.75 Å². The van der Waals surface area contributed by atoms with Gasteiger partial charge in [-0.1, -0.05) is 20.8 Å². The summed E-state index contributed by atoms with van der Waals surface area (Å²) in [6, 6.07) is 7.28. The van der Waals surface area contributed by atoms with Crippen molar-refractivity contribution in [3.63, 3.8) is 0 Å². The van der Waals surface area contributed by atoms with E-state index in [0.29, 0.717) is 4.88 Å². The molecule has 136 valence electrons. The average Bonchev–Trinajstić information content (AvgIpc) is 2.92. The number of methoxy groups -OCH3 is 1. The van der Waals surface area contributed by atoms with Gasteiger partial charge in [-0.15, -0.1) is 11.3 Å². The smallest absolute Gasteiger partial charge is 0.266 e. The van der Waals surface area contributed by atoms with Crippen LogP contribution >= 0.6 is 11.3 Å². The van der Waals surface area contributed by atoms with Crippen LogP contribution in [-0.4, -0.2) is 23.0 Å². The van der Waals surface area contributed by atoms with E-state index in [2.05, 4.69) is 31.1 Å². The van der Waals surface area contributed by atoms with Gasteiger partial charge < -0.3 is 10.1 Å². The SMILES string of the molecule is COc1ccc(NC(=O)c2sc3nc(C(C)(C)C)nc(C)c3c2C)cc1. The molecule has 0 aliphatic heterocycles. The Morgan fingerprint density at radius 2 is 1.77 bits per heavy atom. The van der Waals surface area contributed by atoms with Crippen molar-refractivity contribution in [1.82, 2.24) is 9.97 Å². The lowest BCUT2D eigenvalue weighted by atomic mass is 9.95. The Balaban J connectivity index is 1.97. The van der Waals surface area contributed by atoms with E-state index in [9.17, 15) is 4.79 Å². The molecule has 5 nitrogen and oxygen atoms in total. The van der Waals surface area contributed by atoms with Crippen molar-refractivity contribution in [2.75, 3.05) is 12.4 Å². The average molecular weight is 369 g/mol. The first-order chi connectivity index (χ1) is 12.2. The molecule has 1 amide bonds. The highest BCUT2D eigenvalue weighted by Gasteiger charge is 2.23. The van der Waals surface area contributed by atoms with Crippen molar-refractivity contribution in [2.45, 2.75) is 40.0 Å². The summed E-state index contributed by atoms with van der Waals surface area (Å²) in [6.45, 7) is 10.2. The number of aryl methyl sites for hydroxylation is 2. The van der Waals surface area contributed by atoms with Crippen LogP contribution in [0, 0.1) is 13.8 Å². The molecule has 0 radical (unpaired) electrons. The number of nitrogens with one attached hydrogen (secondary N) is 1. The maximum atomic E-state index is 12.8. The minimum atomic E-state index is -0.137. The van der Waals surface area contributed by atoms with Gasteiger partial charge in [0.1, 0.15) is 16.4 Å². The standard InChI is InChI=1S/C20H23N3O2S/c1-11-15-12(2)21-19(20(3,4)5)23-18(15)26-16(11)17(24)22-13-7-9-14(25-6)10-8-13/h7-10H,1-6H3,(H,22,24). The van der Waals surface area contributed by atoms with Crippen LogP contribution in [0.5, 0.6) is 5.75 Å². The molecule has 0 unspecified atom stereocenters. The van der Waals surface area contributed by atoms with E-state index >= 15 is 0 Å². The van der Waals surface area contributed by atoms with Crippen LogP contribution < -0.4 is 10.1 Å². The van der Waals surface area contributed by atoms with Crippen LogP contribution in [0.1, 0.15) is 47.5 Å². The monoisotopic (exact) mass is 369 g/mol. The highest BCUT2D eigenvalue weighted by Crippen LogP contribution is 2.33. The van der Waals surface area contributed by atoms with Crippen molar-refractivity contribution in [2.24, 2.45) is 0 Å². The second-order valence-electron chi connectivity index (χ2n) is 7.30. The van der Waals surface area contributed by atoms with E-state index in [0.717, 1.165) is 38.7 Å². The maximum Gasteiger partial charge on any atom is 0.266 e. The van der Waals surface area contributed by atoms with Gasteiger partial charge in [-0.2, -0.15) is 0 Å². The van der Waals surface area contributed by atoms with Gasteiger partial charge in [0.05, 0.1) is 17.7 Å². The summed E-state index contributed by atoms with van der Waals surface area (Å²) in [4.78, 5) is 23.7. The van der Waals surface area contributed by atoms with E-state index in [1.54, 1.807) is 7.11 Å². The van der Waals surface area contributed by atoms with Crippen molar-refractivity contribution in [3.05, 3.63) is 46.2 Å². The summed E-state index contributed by atoms with van der Waals surface area (Å²) in [5.74, 6) is 1.42. The zero-order chi connectivity index (χ0) is 19.1. The van der Waals surface area contributed by atoms with E-state index in [4.69, 9.17) is 9.72 Å². The predicted octanol–water partition coefficient (Wildman–Crippen LogP) is 4.87. The molecule has 0 saturated heterocycles. The number of ether oxygens (including phenoxy) is 1. The first-order valence-corrected chi connectivity index (χ1v) is 9.26. The summed E-state index contributed by atoms with van der Waals surface area (Å²) in [5.41, 5.74) is 2.43. The van der Waals surface area contributed by atoms with Crippen LogP contribution in [0.25, 0.3) is 10.2 Å². The topological polar surface area (TPSA) is 64.1 Å². The normalized spacial score (nSPS) is 11.6. The number of carbonyl (C=O) groups is 1. The van der Waals surface area contributed by atoms with Gasteiger partial charge in [0.25, 0.3) is 5.91 Å². The number of hydrogen-bond donors (Lipinski definition) is 1. The van der Waals surface area contributed by atoms with Crippen LogP contribution in [-0.2, 0) is 5.41 Å². The fourth-order valence-corrected chi connectivity index (χ4v) is 3.88. The third kappa shape index (κ3) is 3.42. The van der Waals surface area contributed by atoms with E-state index in [1.807, 2.05) is 38.1 Å². The van der Waals surface area contributed by atoms with Crippen LogP contribution in [0.3, 0.4) is 0 Å². The second kappa shape index (κ2) is 6.68. The Labute approximate surface area is 157 Å². The highest BCUT2D eigenvalue weighted by atomic mass is 32.1. The van der Waals surface area contributed by atoms with Gasteiger partial charge in [0.2, 0.25) is 0 Å². The second-order valence-corrected chi connectivity index (χ2v) is 8.30. The van der Waals surface area contributed by atoms with Gasteiger partial charge in [-0.3, -0.25) is 4.79 Å². The van der Waals surface area contributed by atoms with Crippen LogP contribution in [0.15, 0.2) is 24.3 Å². The number of nitrogens with zero attached hydrogens (tertiary/aromatic N) is 2. The molecule has 6 heteroatoms. The summed E-state index contributed by atoms with van der Waals surface area (Å²) in [5, 5.41) is 3.92. The molecule has 2 heterocycles. The van der Waals surface area contributed by atoms with Gasteiger partial charge in [-0.05, 0) is 43.7 Å². The zero-order valence-corrected chi connectivity index (χ0v) is 16.7. The Hall–Kier alpha value is -2.47. The van der Waals surface area contributed by atoms with E-state index in [1.165, 1.54) is 11.3 Å². The summed E-state index contributed by atoms with van der Waals surface area (Å²) in [6.07, 6.45) is 0. The predicted molar refractivity (Wildman–Crippen MR) is 107 cm³/mol. The number of anilines is 1. The molecule has 1 N–H and O–H groups in total. The Kier molecular flexibility index (Phi) is 4.71. The number of carbonyl (C=O) groups excluding carboxylic acids is 1. The molecule has 3 aromatic rings. The quantitative estimate of drug-likeness (QED) is 0.715. The van der Waals surface area contributed by atoms with Crippen LogP contribution in [0.2, 0.25) is 0 Å². The molecule has 0 spiro atoms. The lowest BCUT2D eigenvalue weighted by Gasteiger charge is -2.16. The number of thiophene rings is 1. The first kappa shape index (κ1) is 18.3. The molecule has 0 aliphatic carbocycles. The molecular weight excluding hydrogens is 346 g/mol. The van der Waals surface area contributed by atoms with E-state index < -0.39 is 0 Å². The largest absolute Gasteiger partial charge is 0.497 e. The number of aromatic nitrogens is 2. The Bertz CT molecular complexity index is 969. The number of hydrogen-bond acceptors (Lipinski definition) is 5. The van der Waals surface area contributed by atoms with Gasteiger partial charge in [0.15, 0.2) is 0 Å². The van der Waals surface area contributed by atoms with Crippen molar-refractivity contribution >= 4 is 33.1 Å². The molecule has 1 aromatic carbocycles. The van der Waals surface area contributed by atoms with E-state index in [-0.39, 0.29) is 11.3 Å². The van der Waals surface area contributed by atoms with Crippen LogP contribution in [0.4, 0.5) is 5.69 Å². The molecule has 0 saturated carbocycles. The molecule has 3 rings (SSSR count). The fraction of sp³-hybridized carbons (Fsp3) is 0.350. The lowest BCUT2D eigenvalue weighted by molar-refractivity contribution is 0.103. The molecule has 0 atom stereocenters. The molecule has 0 bridgehead atoms. The Morgan fingerprint density at radius 1 is 1.12 bits per heavy atom. The van der Waals surface area contributed by atoms with Gasteiger partial charge >= 0.3 is 0 Å². The summed E-state index contributed by atoms with van der Waals surface area (Å²) in [7, 11) is 1.61. The third-order valence-electron chi connectivity index (χ3n) is 4.20. The summed E-state index contributed by atoms with van der Waals surface area (Å²) < 4.78 is 5.14. The number of benzene rings is 1. The third-order valence-corrected chi connectivity index (χ3v) is 5.38. The molecule has 2 aromatic heterocycles. The minimum absolute atomic E-state index is 0.132. The number of fused-ring (bicyclic) bond motifs is 1. The van der Waals surface area contributed by atoms with Crippen molar-refractivity contribution in [1.29, 1.82) is 0 Å². The summed E-state index contributed by atoms with van der Waals surface area (Å²) >= 11 is 1.42. The number of amides is 1. The highest BCUT2D eigenvalue weighted by molar-refractivity contribution is 7.20. The fourth-order valence-electron chi connectivity index (χ4n) is 2.75.